The number of nitrogens with one attached hydrogen (secondary N) is 1. The first kappa shape index (κ1) is 22.3. The van der Waals surface area contributed by atoms with Crippen molar-refractivity contribution in [2.75, 3.05) is 31.6 Å². The highest BCUT2D eigenvalue weighted by atomic mass is 32.2. The SMILES string of the molecule is Cc1ccc(C=CC(=O)Nc2nc(-c3ccc(S(=O)(=O)N4CCOCC4)cc3)cs2)cc1. The monoisotopic (exact) mass is 469 g/mol. The Morgan fingerprint density at radius 2 is 1.78 bits per heavy atom. The molecule has 2 heterocycles. The fraction of sp³-hybridized carbons (Fsp3) is 0.217. The van der Waals surface area contributed by atoms with Crippen molar-refractivity contribution in [3.63, 3.8) is 0 Å². The molecule has 32 heavy (non-hydrogen) atoms. The van der Waals surface area contributed by atoms with Crippen molar-refractivity contribution in [3.05, 3.63) is 71.1 Å². The van der Waals surface area contributed by atoms with E-state index in [1.165, 1.54) is 21.7 Å². The number of carbonyl (C=O) groups excluding carboxylic acids is 1. The van der Waals surface area contributed by atoms with Crippen LogP contribution in [0.3, 0.4) is 0 Å². The van der Waals surface area contributed by atoms with Crippen molar-refractivity contribution in [1.29, 1.82) is 0 Å². The summed E-state index contributed by atoms with van der Waals surface area (Å²) in [7, 11) is -3.53. The lowest BCUT2D eigenvalue weighted by Crippen LogP contribution is -2.40. The van der Waals surface area contributed by atoms with Gasteiger partial charge >= 0.3 is 0 Å². The zero-order valence-electron chi connectivity index (χ0n) is 17.5. The van der Waals surface area contributed by atoms with E-state index in [1.807, 2.05) is 36.6 Å². The molecule has 1 fully saturated rings. The number of nitrogens with zero attached hydrogens (tertiary/aromatic N) is 2. The second-order valence-electron chi connectivity index (χ2n) is 7.31. The Balaban J connectivity index is 1.40. The first-order valence-electron chi connectivity index (χ1n) is 10.1. The second kappa shape index (κ2) is 9.74. The van der Waals surface area contributed by atoms with E-state index in [2.05, 4.69) is 10.3 Å². The van der Waals surface area contributed by atoms with Crippen molar-refractivity contribution >= 4 is 38.5 Å². The van der Waals surface area contributed by atoms with Gasteiger partial charge in [-0.15, -0.1) is 11.3 Å². The van der Waals surface area contributed by atoms with E-state index in [0.29, 0.717) is 37.1 Å². The smallest absolute Gasteiger partial charge is 0.250 e. The molecule has 1 aliphatic heterocycles. The van der Waals surface area contributed by atoms with Gasteiger partial charge in [0.25, 0.3) is 0 Å². The first-order chi connectivity index (χ1) is 15.4. The lowest BCUT2D eigenvalue weighted by Gasteiger charge is -2.26. The highest BCUT2D eigenvalue weighted by Gasteiger charge is 2.26. The Morgan fingerprint density at radius 3 is 2.47 bits per heavy atom. The molecule has 9 heteroatoms. The van der Waals surface area contributed by atoms with Crippen LogP contribution in [0.5, 0.6) is 0 Å². The summed E-state index contributed by atoms with van der Waals surface area (Å²) in [6, 6.07) is 14.5. The van der Waals surface area contributed by atoms with Gasteiger partial charge in [-0.2, -0.15) is 4.31 Å². The van der Waals surface area contributed by atoms with Gasteiger partial charge in [0, 0.05) is 30.1 Å². The standard InChI is InChI=1S/C23H23N3O4S2/c1-17-2-4-18(5-3-17)6-11-22(27)25-23-24-21(16-31-23)19-7-9-20(10-8-19)32(28,29)26-12-14-30-15-13-26/h2-11,16H,12-15H2,1H3,(H,24,25,27). The third-order valence-corrected chi connectivity index (χ3v) is 7.67. The van der Waals surface area contributed by atoms with Crippen LogP contribution in [-0.4, -0.2) is 49.9 Å². The number of aryl methyl sites for hydroxylation is 1. The number of hydrogen-bond acceptors (Lipinski definition) is 6. The van der Waals surface area contributed by atoms with Crippen LogP contribution in [-0.2, 0) is 19.6 Å². The third-order valence-electron chi connectivity index (χ3n) is 5.00. The van der Waals surface area contributed by atoms with E-state index >= 15 is 0 Å². The number of morpholine rings is 1. The van der Waals surface area contributed by atoms with Crippen molar-refractivity contribution in [2.45, 2.75) is 11.8 Å². The molecule has 0 atom stereocenters. The zero-order valence-corrected chi connectivity index (χ0v) is 19.2. The Labute approximate surface area is 191 Å². The maximum Gasteiger partial charge on any atom is 0.250 e. The Morgan fingerprint density at radius 1 is 1.09 bits per heavy atom. The maximum absolute atomic E-state index is 12.7. The summed E-state index contributed by atoms with van der Waals surface area (Å²) in [4.78, 5) is 16.9. The lowest BCUT2D eigenvalue weighted by molar-refractivity contribution is -0.111. The molecule has 0 spiro atoms. The molecular formula is C23H23N3O4S2. The van der Waals surface area contributed by atoms with Crippen LogP contribution in [0.15, 0.2) is 64.9 Å². The number of anilines is 1. The summed E-state index contributed by atoms with van der Waals surface area (Å²) in [6.45, 7) is 3.54. The molecule has 166 valence electrons. The Hall–Kier alpha value is -2.85. The molecule has 4 rings (SSSR count). The lowest BCUT2D eigenvalue weighted by atomic mass is 10.1. The normalized spacial score (nSPS) is 15.2. The van der Waals surface area contributed by atoms with Crippen LogP contribution in [0.1, 0.15) is 11.1 Å². The number of sulfonamides is 1. The van der Waals surface area contributed by atoms with E-state index in [1.54, 1.807) is 30.3 Å². The average Bonchev–Trinajstić information content (AvgIpc) is 3.28. The maximum atomic E-state index is 12.7. The number of hydrogen-bond donors (Lipinski definition) is 1. The average molecular weight is 470 g/mol. The highest BCUT2D eigenvalue weighted by molar-refractivity contribution is 7.89. The van der Waals surface area contributed by atoms with Gasteiger partial charge in [-0.05, 0) is 30.7 Å². The van der Waals surface area contributed by atoms with Crippen molar-refractivity contribution < 1.29 is 17.9 Å². The van der Waals surface area contributed by atoms with E-state index < -0.39 is 10.0 Å². The number of carbonyl (C=O) groups is 1. The molecular weight excluding hydrogens is 446 g/mol. The van der Waals surface area contributed by atoms with Gasteiger partial charge in [-0.1, -0.05) is 42.0 Å². The van der Waals surface area contributed by atoms with Gasteiger partial charge in [0.05, 0.1) is 23.8 Å². The van der Waals surface area contributed by atoms with Gasteiger partial charge in [-0.3, -0.25) is 10.1 Å². The predicted octanol–water partition coefficient (Wildman–Crippen LogP) is 3.79. The number of amides is 1. The topological polar surface area (TPSA) is 88.6 Å². The molecule has 1 N–H and O–H groups in total. The van der Waals surface area contributed by atoms with Gasteiger partial charge in [0.15, 0.2) is 5.13 Å². The van der Waals surface area contributed by atoms with E-state index in [0.717, 1.165) is 16.7 Å². The summed E-state index contributed by atoms with van der Waals surface area (Å²) in [5.41, 5.74) is 3.55. The van der Waals surface area contributed by atoms with Crippen molar-refractivity contribution in [1.82, 2.24) is 9.29 Å². The van der Waals surface area contributed by atoms with Crippen LogP contribution in [0, 0.1) is 6.92 Å². The fourth-order valence-electron chi connectivity index (χ4n) is 3.19. The fourth-order valence-corrected chi connectivity index (χ4v) is 5.32. The minimum Gasteiger partial charge on any atom is -0.379 e. The van der Waals surface area contributed by atoms with Crippen LogP contribution in [0.2, 0.25) is 0 Å². The molecule has 0 aliphatic carbocycles. The molecule has 0 radical (unpaired) electrons. The summed E-state index contributed by atoms with van der Waals surface area (Å²) < 4.78 is 32.2. The molecule has 1 aromatic heterocycles. The number of ether oxygens (including phenoxy) is 1. The molecule has 0 unspecified atom stereocenters. The van der Waals surface area contributed by atoms with Crippen molar-refractivity contribution in [3.8, 4) is 11.3 Å². The number of rotatable bonds is 6. The molecule has 1 amide bonds. The van der Waals surface area contributed by atoms with Crippen LogP contribution in [0.25, 0.3) is 17.3 Å². The summed E-state index contributed by atoms with van der Waals surface area (Å²) in [5, 5.41) is 5.06. The Kier molecular flexibility index (Phi) is 6.80. The number of thiazole rings is 1. The largest absolute Gasteiger partial charge is 0.379 e. The second-order valence-corrected chi connectivity index (χ2v) is 10.1. The first-order valence-corrected chi connectivity index (χ1v) is 12.4. The molecule has 2 aromatic carbocycles. The van der Waals surface area contributed by atoms with Crippen molar-refractivity contribution in [2.24, 2.45) is 0 Å². The van der Waals surface area contributed by atoms with E-state index in [9.17, 15) is 13.2 Å². The molecule has 7 nitrogen and oxygen atoms in total. The quantitative estimate of drug-likeness (QED) is 0.555. The predicted molar refractivity (Wildman–Crippen MR) is 126 cm³/mol. The molecule has 0 saturated carbocycles. The number of aromatic nitrogens is 1. The summed E-state index contributed by atoms with van der Waals surface area (Å²) in [5.74, 6) is -0.265. The highest BCUT2D eigenvalue weighted by Crippen LogP contribution is 2.27. The van der Waals surface area contributed by atoms with Gasteiger partial charge in [0.1, 0.15) is 0 Å². The zero-order chi connectivity index (χ0) is 22.6. The van der Waals surface area contributed by atoms with E-state index in [-0.39, 0.29) is 10.8 Å². The van der Waals surface area contributed by atoms with Gasteiger partial charge in [-0.25, -0.2) is 13.4 Å². The van der Waals surface area contributed by atoms with Gasteiger partial charge < -0.3 is 4.74 Å². The summed E-state index contributed by atoms with van der Waals surface area (Å²) >= 11 is 1.31. The van der Waals surface area contributed by atoms with Gasteiger partial charge in [0.2, 0.25) is 15.9 Å². The molecule has 1 saturated heterocycles. The summed E-state index contributed by atoms with van der Waals surface area (Å²) in [6.07, 6.45) is 3.22. The number of benzene rings is 2. The molecule has 3 aromatic rings. The Bertz CT molecular complexity index is 1210. The molecule has 0 bridgehead atoms. The minimum absolute atomic E-state index is 0.244. The minimum atomic E-state index is -3.53. The van der Waals surface area contributed by atoms with Crippen LogP contribution < -0.4 is 5.32 Å². The molecule has 1 aliphatic rings. The van der Waals surface area contributed by atoms with Crippen LogP contribution in [0.4, 0.5) is 5.13 Å². The van der Waals surface area contributed by atoms with E-state index in [4.69, 9.17) is 4.74 Å². The van der Waals surface area contributed by atoms with Crippen LogP contribution >= 0.6 is 11.3 Å². The third kappa shape index (κ3) is 5.31.